The number of carbonyl (C=O) groups excluding carboxylic acids is 1. The lowest BCUT2D eigenvalue weighted by molar-refractivity contribution is 0.0497. The molecule has 0 spiro atoms. The number of amides is 1. The minimum absolute atomic E-state index is 0.104. The van der Waals surface area contributed by atoms with Gasteiger partial charge in [-0.15, -0.1) is 6.58 Å². The van der Waals surface area contributed by atoms with Gasteiger partial charge in [0.05, 0.1) is 22.6 Å². The van der Waals surface area contributed by atoms with Gasteiger partial charge in [-0.25, -0.2) is 13.2 Å². The van der Waals surface area contributed by atoms with E-state index >= 15 is 0 Å². The largest absolute Gasteiger partial charge is 0.444 e. The smallest absolute Gasteiger partial charge is 0.407 e. The van der Waals surface area contributed by atoms with Gasteiger partial charge in [0.25, 0.3) is 0 Å². The molecule has 0 fully saturated rings. The van der Waals surface area contributed by atoms with Crippen molar-refractivity contribution in [2.24, 2.45) is 5.92 Å². The van der Waals surface area contributed by atoms with Crippen molar-refractivity contribution in [1.82, 2.24) is 5.32 Å². The lowest BCUT2D eigenvalue weighted by Gasteiger charge is -2.27. The van der Waals surface area contributed by atoms with E-state index in [1.54, 1.807) is 51.1 Å². The predicted molar refractivity (Wildman–Crippen MR) is 110 cm³/mol. The number of sulfone groups is 1. The van der Waals surface area contributed by atoms with E-state index in [4.69, 9.17) is 10.00 Å². The number of nitrogens with zero attached hydrogens (tertiary/aromatic N) is 1. The van der Waals surface area contributed by atoms with E-state index in [0.717, 1.165) is 0 Å². The van der Waals surface area contributed by atoms with Gasteiger partial charge >= 0.3 is 6.09 Å². The lowest BCUT2D eigenvalue weighted by atomic mass is 10.1. The number of hydrogen-bond acceptors (Lipinski definition) is 5. The van der Waals surface area contributed by atoms with Gasteiger partial charge in [0.2, 0.25) is 0 Å². The number of benzene rings is 1. The molecule has 0 heterocycles. The van der Waals surface area contributed by atoms with E-state index in [-0.39, 0.29) is 18.1 Å². The molecule has 0 aliphatic carbocycles. The number of carbonyl (C=O) groups is 1. The molecule has 2 atom stereocenters. The summed E-state index contributed by atoms with van der Waals surface area (Å²) in [6.07, 6.45) is 1.16. The van der Waals surface area contributed by atoms with E-state index in [0.29, 0.717) is 11.1 Å². The molecule has 0 saturated carbocycles. The summed E-state index contributed by atoms with van der Waals surface area (Å²) in [4.78, 5) is 12.1. The van der Waals surface area contributed by atoms with Crippen LogP contribution in [0.3, 0.4) is 0 Å². The zero-order valence-electron chi connectivity index (χ0n) is 17.2. The van der Waals surface area contributed by atoms with Gasteiger partial charge in [0.1, 0.15) is 5.60 Å². The number of hydrogen-bond donors (Lipinski definition) is 1. The molecule has 0 saturated heterocycles. The molecule has 0 aromatic heterocycles. The summed E-state index contributed by atoms with van der Waals surface area (Å²) in [6.45, 7) is 12.6. The molecular weight excluding hydrogens is 376 g/mol. The monoisotopic (exact) mass is 406 g/mol. The van der Waals surface area contributed by atoms with Crippen molar-refractivity contribution >= 4 is 15.9 Å². The maximum Gasteiger partial charge on any atom is 0.407 e. The Hall–Kier alpha value is -2.33. The highest BCUT2D eigenvalue weighted by atomic mass is 32.2. The van der Waals surface area contributed by atoms with E-state index in [1.165, 1.54) is 0 Å². The maximum atomic E-state index is 13.2. The van der Waals surface area contributed by atoms with Crippen molar-refractivity contribution in [3.8, 4) is 6.07 Å². The topological polar surface area (TPSA) is 96.3 Å². The van der Waals surface area contributed by atoms with Gasteiger partial charge in [-0.05, 0) is 50.8 Å². The standard InChI is InChI=1S/C21H30N2O4S/c1-7-8-19(17-11-9-16(13-22)10-12-17)28(25,26)14-18(15(2)3)23-20(24)27-21(4,5)6/h7,9-12,15,18-19H,1,8,14H2,2-6H3,(H,23,24)/t18-,19+/m1/s1. The first-order chi connectivity index (χ1) is 12.9. The van der Waals surface area contributed by atoms with Crippen molar-refractivity contribution in [2.75, 3.05) is 5.75 Å². The highest BCUT2D eigenvalue weighted by Gasteiger charge is 2.32. The molecule has 0 radical (unpaired) electrons. The van der Waals surface area contributed by atoms with E-state index in [1.807, 2.05) is 19.9 Å². The fraction of sp³-hybridized carbons (Fsp3) is 0.524. The number of ether oxygens (including phenoxy) is 1. The molecule has 7 heteroatoms. The van der Waals surface area contributed by atoms with Crippen molar-refractivity contribution in [2.45, 2.75) is 57.9 Å². The molecular formula is C21H30N2O4S. The number of allylic oxidation sites excluding steroid dienone is 1. The molecule has 28 heavy (non-hydrogen) atoms. The van der Waals surface area contributed by atoms with Gasteiger partial charge in [-0.3, -0.25) is 0 Å². The molecule has 1 aromatic rings. The van der Waals surface area contributed by atoms with E-state index < -0.39 is 32.8 Å². The molecule has 0 aliphatic heterocycles. The van der Waals surface area contributed by atoms with Crippen LogP contribution >= 0.6 is 0 Å². The summed E-state index contributed by atoms with van der Waals surface area (Å²) < 4.78 is 31.6. The van der Waals surface area contributed by atoms with Crippen LogP contribution in [0, 0.1) is 17.2 Å². The summed E-state index contributed by atoms with van der Waals surface area (Å²) in [5, 5.41) is 10.8. The summed E-state index contributed by atoms with van der Waals surface area (Å²) in [5.74, 6) is -0.324. The molecule has 6 nitrogen and oxygen atoms in total. The van der Waals surface area contributed by atoms with Crippen LogP contribution in [0.15, 0.2) is 36.9 Å². The summed E-state index contributed by atoms with van der Waals surface area (Å²) in [6, 6.07) is 7.92. The second kappa shape index (κ2) is 9.74. The molecule has 1 amide bonds. The minimum Gasteiger partial charge on any atom is -0.444 e. The maximum absolute atomic E-state index is 13.2. The van der Waals surface area contributed by atoms with Gasteiger partial charge in [0, 0.05) is 6.04 Å². The molecule has 0 aliphatic rings. The zero-order chi connectivity index (χ0) is 21.5. The van der Waals surface area contributed by atoms with E-state index in [9.17, 15) is 13.2 Å². The first kappa shape index (κ1) is 23.7. The third kappa shape index (κ3) is 7.35. The van der Waals surface area contributed by atoms with Gasteiger partial charge in [0.15, 0.2) is 9.84 Å². The Bertz CT molecular complexity index is 815. The van der Waals surface area contributed by atoms with Gasteiger partial charge in [-0.2, -0.15) is 5.26 Å². The van der Waals surface area contributed by atoms with E-state index in [2.05, 4.69) is 11.9 Å². The van der Waals surface area contributed by atoms with Crippen LogP contribution in [0.2, 0.25) is 0 Å². The second-order valence-electron chi connectivity index (χ2n) is 8.07. The van der Waals surface area contributed by atoms with Crippen LogP contribution in [-0.4, -0.2) is 31.9 Å². The molecule has 0 bridgehead atoms. The number of alkyl carbamates (subject to hydrolysis) is 1. The van der Waals surface area contributed by atoms with Crippen LogP contribution in [-0.2, 0) is 14.6 Å². The molecule has 154 valence electrons. The lowest BCUT2D eigenvalue weighted by Crippen LogP contribution is -2.46. The first-order valence-corrected chi connectivity index (χ1v) is 10.9. The Kier molecular flexibility index (Phi) is 8.25. The number of nitriles is 1. The van der Waals surface area contributed by atoms with Crippen molar-refractivity contribution in [3.63, 3.8) is 0 Å². The number of rotatable bonds is 8. The third-order valence-electron chi connectivity index (χ3n) is 4.14. The van der Waals surface area contributed by atoms with Crippen molar-refractivity contribution in [3.05, 3.63) is 48.0 Å². The van der Waals surface area contributed by atoms with Crippen LogP contribution in [0.5, 0.6) is 0 Å². The van der Waals surface area contributed by atoms with Crippen LogP contribution in [0.25, 0.3) is 0 Å². The fourth-order valence-corrected chi connectivity index (χ4v) is 4.84. The minimum atomic E-state index is -3.62. The Morgan fingerprint density at radius 2 is 1.86 bits per heavy atom. The molecule has 0 unspecified atom stereocenters. The Balaban J connectivity index is 3.07. The summed E-state index contributed by atoms with van der Waals surface area (Å²) >= 11 is 0. The summed E-state index contributed by atoms with van der Waals surface area (Å²) in [7, 11) is -3.62. The van der Waals surface area contributed by atoms with Crippen LogP contribution in [0.4, 0.5) is 4.79 Å². The Labute approximate surface area is 168 Å². The normalized spacial score (nSPS) is 14.0. The third-order valence-corrected chi connectivity index (χ3v) is 6.30. The molecule has 1 aromatic carbocycles. The number of nitrogens with one attached hydrogen (secondary N) is 1. The van der Waals surface area contributed by atoms with Crippen LogP contribution in [0.1, 0.15) is 57.4 Å². The van der Waals surface area contributed by atoms with Crippen LogP contribution < -0.4 is 5.32 Å². The first-order valence-electron chi connectivity index (χ1n) is 9.21. The van der Waals surface area contributed by atoms with Gasteiger partial charge in [-0.1, -0.05) is 32.1 Å². The summed E-state index contributed by atoms with van der Waals surface area (Å²) in [5.41, 5.74) is 0.391. The fourth-order valence-electron chi connectivity index (χ4n) is 2.64. The highest BCUT2D eigenvalue weighted by molar-refractivity contribution is 7.91. The Morgan fingerprint density at radius 3 is 2.29 bits per heavy atom. The average molecular weight is 407 g/mol. The van der Waals surface area contributed by atoms with Crippen molar-refractivity contribution in [1.29, 1.82) is 5.26 Å². The van der Waals surface area contributed by atoms with Crippen molar-refractivity contribution < 1.29 is 17.9 Å². The molecule has 1 rings (SSSR count). The Morgan fingerprint density at radius 1 is 1.29 bits per heavy atom. The zero-order valence-corrected chi connectivity index (χ0v) is 18.0. The SMILES string of the molecule is C=CC[C@@H](c1ccc(C#N)cc1)S(=O)(=O)C[C@@H](NC(=O)OC(C)(C)C)C(C)C. The quantitative estimate of drug-likeness (QED) is 0.655. The van der Waals surface area contributed by atoms with Gasteiger partial charge < -0.3 is 10.1 Å². The molecule has 1 N–H and O–H groups in total. The highest BCUT2D eigenvalue weighted by Crippen LogP contribution is 2.29. The predicted octanol–water partition coefficient (Wildman–Crippen LogP) is 4.14. The second-order valence-corrected chi connectivity index (χ2v) is 10.3. The average Bonchev–Trinajstić information content (AvgIpc) is 2.57.